The van der Waals surface area contributed by atoms with Crippen molar-refractivity contribution in [3.63, 3.8) is 0 Å². The maximum Gasteiger partial charge on any atom is 0.119 e. The van der Waals surface area contributed by atoms with Crippen molar-refractivity contribution in [3.8, 4) is 5.75 Å². The van der Waals surface area contributed by atoms with Crippen LogP contribution in [-0.2, 0) is 14.2 Å². The Hall–Kier alpha value is -1.10. The van der Waals surface area contributed by atoms with E-state index in [9.17, 15) is 0 Å². The second kappa shape index (κ2) is 12.0. The van der Waals surface area contributed by atoms with Crippen LogP contribution in [0, 0.1) is 0 Å². The SMILES string of the molecule is COCCOCCOCCCCOc1ccccc1. The summed E-state index contributed by atoms with van der Waals surface area (Å²) < 4.78 is 21.2. The van der Waals surface area contributed by atoms with Gasteiger partial charge < -0.3 is 18.9 Å². The predicted molar refractivity (Wildman–Crippen MR) is 74.7 cm³/mol. The quantitative estimate of drug-likeness (QED) is 0.546. The minimum absolute atomic E-state index is 0.629. The van der Waals surface area contributed by atoms with E-state index in [1.165, 1.54) is 0 Å². The highest BCUT2D eigenvalue weighted by Crippen LogP contribution is 2.08. The summed E-state index contributed by atoms with van der Waals surface area (Å²) >= 11 is 0. The number of methoxy groups -OCH3 is 1. The van der Waals surface area contributed by atoms with Crippen LogP contribution in [0.1, 0.15) is 12.8 Å². The van der Waals surface area contributed by atoms with Crippen molar-refractivity contribution in [1.82, 2.24) is 0 Å². The first-order valence-electron chi connectivity index (χ1n) is 6.76. The highest BCUT2D eigenvalue weighted by atomic mass is 16.5. The molecule has 0 aromatic heterocycles. The van der Waals surface area contributed by atoms with Crippen molar-refractivity contribution in [2.24, 2.45) is 0 Å². The third-order valence-electron chi connectivity index (χ3n) is 2.50. The van der Waals surface area contributed by atoms with E-state index in [1.807, 2.05) is 30.3 Å². The molecule has 4 nitrogen and oxygen atoms in total. The van der Waals surface area contributed by atoms with Crippen LogP contribution in [0.15, 0.2) is 30.3 Å². The number of benzene rings is 1. The fourth-order valence-corrected chi connectivity index (χ4v) is 1.48. The third kappa shape index (κ3) is 9.47. The van der Waals surface area contributed by atoms with Gasteiger partial charge in [0.15, 0.2) is 0 Å². The molecular formula is C15H24O4. The smallest absolute Gasteiger partial charge is 0.119 e. The number of para-hydroxylation sites is 1. The second-order valence-corrected chi connectivity index (χ2v) is 4.09. The number of rotatable bonds is 12. The second-order valence-electron chi connectivity index (χ2n) is 4.09. The van der Waals surface area contributed by atoms with Gasteiger partial charge in [-0.15, -0.1) is 0 Å². The Kier molecular flexibility index (Phi) is 10.0. The molecule has 0 aliphatic heterocycles. The first kappa shape index (κ1) is 16.0. The Morgan fingerprint density at radius 1 is 0.737 bits per heavy atom. The monoisotopic (exact) mass is 268 g/mol. The Labute approximate surface area is 115 Å². The normalized spacial score (nSPS) is 10.6. The Bertz CT molecular complexity index is 289. The van der Waals surface area contributed by atoms with Gasteiger partial charge in [0.25, 0.3) is 0 Å². The van der Waals surface area contributed by atoms with Gasteiger partial charge in [-0.1, -0.05) is 18.2 Å². The van der Waals surface area contributed by atoms with E-state index in [0.717, 1.165) is 31.8 Å². The van der Waals surface area contributed by atoms with Gasteiger partial charge in [-0.2, -0.15) is 0 Å². The fourth-order valence-electron chi connectivity index (χ4n) is 1.48. The number of hydrogen-bond acceptors (Lipinski definition) is 4. The standard InChI is InChI=1S/C15H24O4/c1-16-11-12-18-14-13-17-9-5-6-10-19-15-7-3-2-4-8-15/h2-4,7-8H,5-6,9-14H2,1H3. The Balaban J connectivity index is 1.79. The molecule has 0 saturated carbocycles. The van der Waals surface area contributed by atoms with Gasteiger partial charge in [-0.25, -0.2) is 0 Å². The lowest BCUT2D eigenvalue weighted by Gasteiger charge is -2.07. The Morgan fingerprint density at radius 2 is 1.37 bits per heavy atom. The molecular weight excluding hydrogens is 244 g/mol. The number of unbranched alkanes of at least 4 members (excludes halogenated alkanes) is 1. The van der Waals surface area contributed by atoms with Crippen LogP contribution in [0.2, 0.25) is 0 Å². The van der Waals surface area contributed by atoms with Gasteiger partial charge in [-0.05, 0) is 25.0 Å². The maximum atomic E-state index is 5.58. The minimum Gasteiger partial charge on any atom is -0.494 e. The molecule has 0 amide bonds. The zero-order valence-corrected chi connectivity index (χ0v) is 11.7. The number of ether oxygens (including phenoxy) is 4. The molecule has 0 atom stereocenters. The van der Waals surface area contributed by atoms with E-state index in [1.54, 1.807) is 7.11 Å². The molecule has 0 spiro atoms. The summed E-state index contributed by atoms with van der Waals surface area (Å²) in [5.74, 6) is 0.926. The average molecular weight is 268 g/mol. The van der Waals surface area contributed by atoms with Crippen LogP contribution in [0.3, 0.4) is 0 Å². The fraction of sp³-hybridized carbons (Fsp3) is 0.600. The Morgan fingerprint density at radius 3 is 2.11 bits per heavy atom. The summed E-state index contributed by atoms with van der Waals surface area (Å²) in [6.45, 7) is 4.03. The molecule has 19 heavy (non-hydrogen) atoms. The molecule has 0 aliphatic rings. The topological polar surface area (TPSA) is 36.9 Å². The molecule has 0 heterocycles. The molecule has 1 aromatic rings. The van der Waals surface area contributed by atoms with Crippen molar-refractivity contribution in [2.75, 3.05) is 46.8 Å². The highest BCUT2D eigenvalue weighted by molar-refractivity contribution is 5.20. The van der Waals surface area contributed by atoms with Gasteiger partial charge in [0.2, 0.25) is 0 Å². The summed E-state index contributed by atoms with van der Waals surface area (Å²) in [4.78, 5) is 0. The van der Waals surface area contributed by atoms with Crippen LogP contribution >= 0.6 is 0 Å². The lowest BCUT2D eigenvalue weighted by Crippen LogP contribution is -2.09. The molecule has 1 rings (SSSR count). The largest absolute Gasteiger partial charge is 0.494 e. The van der Waals surface area contributed by atoms with Crippen LogP contribution in [0.5, 0.6) is 5.75 Å². The van der Waals surface area contributed by atoms with Crippen LogP contribution in [-0.4, -0.2) is 46.8 Å². The van der Waals surface area contributed by atoms with Crippen LogP contribution in [0.4, 0.5) is 0 Å². The zero-order chi connectivity index (χ0) is 13.6. The van der Waals surface area contributed by atoms with Crippen LogP contribution < -0.4 is 4.74 Å². The van der Waals surface area contributed by atoms with Crippen LogP contribution in [0.25, 0.3) is 0 Å². The molecule has 0 fully saturated rings. The molecule has 0 N–H and O–H groups in total. The van der Waals surface area contributed by atoms with E-state index < -0.39 is 0 Å². The average Bonchev–Trinajstić information content (AvgIpc) is 2.46. The summed E-state index contributed by atoms with van der Waals surface area (Å²) in [6, 6.07) is 9.86. The molecule has 0 unspecified atom stereocenters. The van der Waals surface area contributed by atoms with Gasteiger partial charge in [0, 0.05) is 13.7 Å². The van der Waals surface area contributed by atoms with E-state index in [-0.39, 0.29) is 0 Å². The molecule has 108 valence electrons. The van der Waals surface area contributed by atoms with Gasteiger partial charge in [0.1, 0.15) is 5.75 Å². The van der Waals surface area contributed by atoms with Gasteiger partial charge in [-0.3, -0.25) is 0 Å². The predicted octanol–water partition coefficient (Wildman–Crippen LogP) is 2.53. The molecule has 1 aromatic carbocycles. The molecule has 4 heteroatoms. The van der Waals surface area contributed by atoms with Crippen molar-refractivity contribution >= 4 is 0 Å². The van der Waals surface area contributed by atoms with Crippen molar-refractivity contribution in [2.45, 2.75) is 12.8 Å². The van der Waals surface area contributed by atoms with Crippen molar-refractivity contribution < 1.29 is 18.9 Å². The molecule has 0 saturated heterocycles. The summed E-state index contributed by atoms with van der Waals surface area (Å²) in [5, 5.41) is 0. The lowest BCUT2D eigenvalue weighted by atomic mass is 10.3. The molecule has 0 aliphatic carbocycles. The first-order chi connectivity index (χ1) is 9.43. The molecule has 0 radical (unpaired) electrons. The van der Waals surface area contributed by atoms with Gasteiger partial charge >= 0.3 is 0 Å². The highest BCUT2D eigenvalue weighted by Gasteiger charge is 1.93. The van der Waals surface area contributed by atoms with E-state index in [2.05, 4.69) is 0 Å². The summed E-state index contributed by atoms with van der Waals surface area (Å²) in [6.07, 6.45) is 2.00. The van der Waals surface area contributed by atoms with E-state index in [0.29, 0.717) is 26.4 Å². The van der Waals surface area contributed by atoms with Crippen molar-refractivity contribution in [1.29, 1.82) is 0 Å². The summed E-state index contributed by atoms with van der Waals surface area (Å²) in [5.41, 5.74) is 0. The van der Waals surface area contributed by atoms with Crippen molar-refractivity contribution in [3.05, 3.63) is 30.3 Å². The lowest BCUT2D eigenvalue weighted by molar-refractivity contribution is 0.0235. The number of hydrogen-bond donors (Lipinski definition) is 0. The summed E-state index contributed by atoms with van der Waals surface area (Å²) in [7, 11) is 1.66. The molecule has 0 bridgehead atoms. The zero-order valence-electron chi connectivity index (χ0n) is 11.7. The maximum absolute atomic E-state index is 5.58. The minimum atomic E-state index is 0.629. The first-order valence-corrected chi connectivity index (χ1v) is 6.76. The third-order valence-corrected chi connectivity index (χ3v) is 2.50. The van der Waals surface area contributed by atoms with E-state index in [4.69, 9.17) is 18.9 Å². The van der Waals surface area contributed by atoms with E-state index >= 15 is 0 Å². The van der Waals surface area contributed by atoms with Gasteiger partial charge in [0.05, 0.1) is 33.0 Å².